The van der Waals surface area contributed by atoms with Crippen molar-refractivity contribution >= 4 is 27.5 Å². The average Bonchev–Trinajstić information content (AvgIpc) is 2.88. The van der Waals surface area contributed by atoms with E-state index in [-0.39, 0.29) is 5.91 Å². The molecule has 0 aliphatic rings. The Labute approximate surface area is 159 Å². The highest BCUT2D eigenvalue weighted by molar-refractivity contribution is 9.10. The predicted octanol–water partition coefficient (Wildman–Crippen LogP) is 3.61. The van der Waals surface area contributed by atoms with Crippen LogP contribution in [-0.2, 0) is 0 Å². The number of aromatic nitrogens is 4. The first-order valence-corrected chi connectivity index (χ1v) is 8.70. The average molecular weight is 416 g/mol. The maximum absolute atomic E-state index is 12.5. The van der Waals surface area contributed by atoms with E-state index in [1.165, 1.54) is 0 Å². The second-order valence-electron chi connectivity index (χ2n) is 5.74. The van der Waals surface area contributed by atoms with E-state index < -0.39 is 0 Å². The number of nitrogens with zero attached hydrogens (tertiary/aromatic N) is 4. The monoisotopic (exact) mass is 415 g/mol. The van der Waals surface area contributed by atoms with Crippen LogP contribution < -0.4 is 10.1 Å². The third kappa shape index (κ3) is 3.45. The summed E-state index contributed by atoms with van der Waals surface area (Å²) in [5.41, 5.74) is 2.89. The van der Waals surface area contributed by atoms with Crippen LogP contribution in [0.2, 0.25) is 0 Å². The largest absolute Gasteiger partial charge is 0.497 e. The smallest absolute Gasteiger partial charge is 0.257 e. The summed E-state index contributed by atoms with van der Waals surface area (Å²) in [6.07, 6.45) is 3.14. The molecule has 0 aliphatic carbocycles. The van der Waals surface area contributed by atoms with E-state index in [1.54, 1.807) is 37.7 Å². The summed E-state index contributed by atoms with van der Waals surface area (Å²) in [7, 11) is 1.55. The molecule has 0 fully saturated rings. The molecule has 0 atom stereocenters. The standard InChI is InChI=1S/C18H18BrN5O2/c1-10-11(2)24(12(3)22-10)18-20-8-13(9-21-18)23-17(25)15-7-14(26-4)5-6-16(15)19/h5-9H,1-4H3,(H,23,25). The number of aryl methyl sites for hydroxylation is 2. The lowest BCUT2D eigenvalue weighted by Crippen LogP contribution is -2.14. The third-order valence-corrected chi connectivity index (χ3v) is 4.72. The second kappa shape index (κ2) is 7.25. The first-order valence-electron chi connectivity index (χ1n) is 7.90. The fraction of sp³-hybridized carbons (Fsp3) is 0.222. The summed E-state index contributed by atoms with van der Waals surface area (Å²) < 4.78 is 7.71. The van der Waals surface area contributed by atoms with E-state index in [0.717, 1.165) is 17.2 Å². The van der Waals surface area contributed by atoms with Crippen molar-refractivity contribution in [2.24, 2.45) is 0 Å². The van der Waals surface area contributed by atoms with Gasteiger partial charge in [0, 0.05) is 10.2 Å². The zero-order valence-electron chi connectivity index (χ0n) is 14.9. The summed E-state index contributed by atoms with van der Waals surface area (Å²) in [6, 6.07) is 5.20. The van der Waals surface area contributed by atoms with E-state index in [9.17, 15) is 4.79 Å². The Morgan fingerprint density at radius 1 is 1.19 bits per heavy atom. The zero-order chi connectivity index (χ0) is 18.8. The highest BCUT2D eigenvalue weighted by Crippen LogP contribution is 2.23. The van der Waals surface area contributed by atoms with Gasteiger partial charge < -0.3 is 10.1 Å². The van der Waals surface area contributed by atoms with E-state index in [0.29, 0.717) is 27.4 Å². The van der Waals surface area contributed by atoms with Gasteiger partial charge in [-0.25, -0.2) is 15.0 Å². The van der Waals surface area contributed by atoms with Crippen molar-refractivity contribution in [2.75, 3.05) is 12.4 Å². The van der Waals surface area contributed by atoms with Crippen LogP contribution in [0, 0.1) is 20.8 Å². The second-order valence-corrected chi connectivity index (χ2v) is 6.59. The molecule has 3 rings (SSSR count). The van der Waals surface area contributed by atoms with Gasteiger partial charge in [0.05, 0.1) is 36.4 Å². The molecule has 7 nitrogen and oxygen atoms in total. The van der Waals surface area contributed by atoms with Gasteiger partial charge >= 0.3 is 0 Å². The van der Waals surface area contributed by atoms with E-state index in [2.05, 4.69) is 36.2 Å². The van der Waals surface area contributed by atoms with E-state index in [4.69, 9.17) is 4.74 Å². The maximum Gasteiger partial charge on any atom is 0.257 e. The Bertz CT molecular complexity index is 966. The van der Waals surface area contributed by atoms with Crippen molar-refractivity contribution in [3.05, 3.63) is 57.8 Å². The first-order chi connectivity index (χ1) is 12.4. The number of rotatable bonds is 4. The molecule has 0 saturated carbocycles. The minimum absolute atomic E-state index is 0.280. The molecule has 0 radical (unpaired) electrons. The number of halogens is 1. The van der Waals surface area contributed by atoms with Crippen molar-refractivity contribution in [2.45, 2.75) is 20.8 Å². The van der Waals surface area contributed by atoms with Crippen LogP contribution in [0.25, 0.3) is 5.95 Å². The minimum Gasteiger partial charge on any atom is -0.497 e. The number of ether oxygens (including phenoxy) is 1. The minimum atomic E-state index is -0.280. The molecule has 0 aliphatic heterocycles. The highest BCUT2D eigenvalue weighted by Gasteiger charge is 2.14. The van der Waals surface area contributed by atoms with Gasteiger partial charge in [0.2, 0.25) is 5.95 Å². The number of benzene rings is 1. The van der Waals surface area contributed by atoms with Crippen LogP contribution in [0.3, 0.4) is 0 Å². The quantitative estimate of drug-likeness (QED) is 0.703. The van der Waals surface area contributed by atoms with E-state index >= 15 is 0 Å². The highest BCUT2D eigenvalue weighted by atomic mass is 79.9. The summed E-state index contributed by atoms with van der Waals surface area (Å²) >= 11 is 3.38. The van der Waals surface area contributed by atoms with Crippen LogP contribution in [0.5, 0.6) is 5.75 Å². The number of carbonyl (C=O) groups is 1. The summed E-state index contributed by atoms with van der Waals surface area (Å²) in [5, 5.41) is 2.79. The lowest BCUT2D eigenvalue weighted by atomic mass is 10.2. The molecule has 8 heteroatoms. The first kappa shape index (κ1) is 18.1. The summed E-state index contributed by atoms with van der Waals surface area (Å²) in [5.74, 6) is 1.66. The van der Waals surface area contributed by atoms with Crippen LogP contribution in [-0.4, -0.2) is 32.5 Å². The number of hydrogen-bond acceptors (Lipinski definition) is 5. The molecule has 3 aromatic rings. The lowest BCUT2D eigenvalue weighted by molar-refractivity contribution is 0.102. The molecule has 1 aromatic carbocycles. The molecule has 1 amide bonds. The molecule has 0 unspecified atom stereocenters. The van der Waals surface area contributed by atoms with Crippen molar-refractivity contribution in [1.29, 1.82) is 0 Å². The normalized spacial score (nSPS) is 10.7. The molecule has 134 valence electrons. The fourth-order valence-electron chi connectivity index (χ4n) is 2.58. The number of methoxy groups -OCH3 is 1. The van der Waals surface area contributed by atoms with Crippen molar-refractivity contribution in [3.63, 3.8) is 0 Å². The van der Waals surface area contributed by atoms with Crippen molar-refractivity contribution in [1.82, 2.24) is 19.5 Å². The molecular weight excluding hydrogens is 398 g/mol. The lowest BCUT2D eigenvalue weighted by Gasteiger charge is -2.10. The Hall–Kier alpha value is -2.74. The maximum atomic E-state index is 12.5. The van der Waals surface area contributed by atoms with Gasteiger partial charge in [0.15, 0.2) is 0 Å². The Kier molecular flexibility index (Phi) is 5.03. The topological polar surface area (TPSA) is 81.9 Å². The van der Waals surface area contributed by atoms with Crippen LogP contribution >= 0.6 is 15.9 Å². The molecule has 1 N–H and O–H groups in total. The van der Waals surface area contributed by atoms with Gasteiger partial charge in [-0.15, -0.1) is 0 Å². The van der Waals surface area contributed by atoms with Crippen molar-refractivity contribution in [3.8, 4) is 11.7 Å². The summed E-state index contributed by atoms with van der Waals surface area (Å²) in [6.45, 7) is 5.81. The van der Waals surface area contributed by atoms with Gasteiger partial charge in [0.25, 0.3) is 5.91 Å². The Morgan fingerprint density at radius 3 is 2.46 bits per heavy atom. The van der Waals surface area contributed by atoms with Gasteiger partial charge in [-0.3, -0.25) is 9.36 Å². The Morgan fingerprint density at radius 2 is 1.88 bits per heavy atom. The number of anilines is 1. The molecule has 2 heterocycles. The fourth-order valence-corrected chi connectivity index (χ4v) is 3.00. The molecule has 2 aromatic heterocycles. The number of imidazole rings is 1. The van der Waals surface area contributed by atoms with Gasteiger partial charge in [-0.2, -0.15) is 0 Å². The van der Waals surface area contributed by atoms with Crippen LogP contribution in [0.15, 0.2) is 35.1 Å². The number of hydrogen-bond donors (Lipinski definition) is 1. The number of nitrogens with one attached hydrogen (secondary N) is 1. The van der Waals surface area contributed by atoms with Gasteiger partial charge in [0.1, 0.15) is 11.6 Å². The van der Waals surface area contributed by atoms with Gasteiger partial charge in [-0.05, 0) is 54.9 Å². The van der Waals surface area contributed by atoms with E-state index in [1.807, 2.05) is 25.3 Å². The molecular formula is C18H18BrN5O2. The Balaban J connectivity index is 1.83. The zero-order valence-corrected chi connectivity index (χ0v) is 16.5. The SMILES string of the molecule is COc1ccc(Br)c(C(=O)Nc2cnc(-n3c(C)nc(C)c3C)nc2)c1. The van der Waals surface area contributed by atoms with Crippen LogP contribution in [0.1, 0.15) is 27.6 Å². The van der Waals surface area contributed by atoms with Crippen molar-refractivity contribution < 1.29 is 9.53 Å². The van der Waals surface area contributed by atoms with Gasteiger partial charge in [-0.1, -0.05) is 0 Å². The summed E-state index contributed by atoms with van der Waals surface area (Å²) in [4.78, 5) is 25.6. The number of carbonyl (C=O) groups excluding carboxylic acids is 1. The molecule has 0 spiro atoms. The predicted molar refractivity (Wildman–Crippen MR) is 102 cm³/mol. The third-order valence-electron chi connectivity index (χ3n) is 4.03. The molecule has 26 heavy (non-hydrogen) atoms. The molecule has 0 saturated heterocycles. The van der Waals surface area contributed by atoms with Crippen LogP contribution in [0.4, 0.5) is 5.69 Å². The number of amides is 1. The molecule has 0 bridgehead atoms.